The lowest BCUT2D eigenvalue weighted by atomic mass is 10.0. The standard InChI is InChI=1S/C18H21Cl2NO/c1-13-6-7-14(5-3-4-10-21-2)17(11-13)22-18-12-15(19)8-9-16(18)20/h6-9,11-12,21H,3-5,10H2,1-2H3. The number of ether oxygens (including phenoxy) is 1. The minimum Gasteiger partial charge on any atom is -0.455 e. The lowest BCUT2D eigenvalue weighted by Crippen LogP contribution is -2.07. The van der Waals surface area contributed by atoms with Crippen molar-refractivity contribution in [3.63, 3.8) is 0 Å². The highest BCUT2D eigenvalue weighted by Gasteiger charge is 2.09. The van der Waals surface area contributed by atoms with E-state index in [1.807, 2.05) is 13.1 Å². The van der Waals surface area contributed by atoms with Gasteiger partial charge in [0.2, 0.25) is 0 Å². The summed E-state index contributed by atoms with van der Waals surface area (Å²) in [5.41, 5.74) is 2.35. The van der Waals surface area contributed by atoms with E-state index in [4.69, 9.17) is 27.9 Å². The maximum absolute atomic E-state index is 6.19. The number of aryl methyl sites for hydroxylation is 2. The topological polar surface area (TPSA) is 21.3 Å². The molecule has 0 saturated carbocycles. The first-order valence-electron chi connectivity index (χ1n) is 7.47. The third-order valence-corrected chi connectivity index (χ3v) is 4.01. The molecule has 0 spiro atoms. The van der Waals surface area contributed by atoms with E-state index in [0.717, 1.165) is 37.1 Å². The summed E-state index contributed by atoms with van der Waals surface area (Å²) in [5.74, 6) is 1.45. The van der Waals surface area contributed by atoms with Gasteiger partial charge in [0.25, 0.3) is 0 Å². The molecule has 0 aliphatic rings. The van der Waals surface area contributed by atoms with E-state index < -0.39 is 0 Å². The van der Waals surface area contributed by atoms with Crippen molar-refractivity contribution < 1.29 is 4.74 Å². The lowest BCUT2D eigenvalue weighted by molar-refractivity contribution is 0.474. The quantitative estimate of drug-likeness (QED) is 0.660. The molecule has 0 bridgehead atoms. The second-order valence-electron chi connectivity index (χ2n) is 5.35. The van der Waals surface area contributed by atoms with Gasteiger partial charge in [-0.1, -0.05) is 35.3 Å². The van der Waals surface area contributed by atoms with Gasteiger partial charge in [-0.2, -0.15) is 0 Å². The average Bonchev–Trinajstić information content (AvgIpc) is 2.49. The summed E-state index contributed by atoms with van der Waals surface area (Å²) < 4.78 is 6.03. The SMILES string of the molecule is CNCCCCc1ccc(C)cc1Oc1cc(Cl)ccc1Cl. The summed E-state index contributed by atoms with van der Waals surface area (Å²) >= 11 is 12.2. The van der Waals surface area contributed by atoms with Crippen molar-refractivity contribution in [2.45, 2.75) is 26.2 Å². The van der Waals surface area contributed by atoms with E-state index in [1.54, 1.807) is 18.2 Å². The fourth-order valence-corrected chi connectivity index (χ4v) is 2.57. The Bertz CT molecular complexity index is 628. The van der Waals surface area contributed by atoms with Crippen molar-refractivity contribution >= 4 is 23.2 Å². The molecule has 2 aromatic rings. The molecule has 2 rings (SSSR count). The first kappa shape index (κ1) is 17.1. The van der Waals surface area contributed by atoms with E-state index in [9.17, 15) is 0 Å². The zero-order chi connectivity index (χ0) is 15.9. The Morgan fingerprint density at radius 2 is 1.82 bits per heavy atom. The molecule has 4 heteroatoms. The van der Waals surface area contributed by atoms with Crippen molar-refractivity contribution in [3.8, 4) is 11.5 Å². The van der Waals surface area contributed by atoms with Crippen molar-refractivity contribution in [2.24, 2.45) is 0 Å². The largest absolute Gasteiger partial charge is 0.455 e. The Morgan fingerprint density at radius 1 is 1.00 bits per heavy atom. The fourth-order valence-electron chi connectivity index (χ4n) is 2.25. The van der Waals surface area contributed by atoms with E-state index in [-0.39, 0.29) is 0 Å². The van der Waals surface area contributed by atoms with Gasteiger partial charge in [-0.05, 0) is 69.1 Å². The Hall–Kier alpha value is -1.22. The number of halogens is 2. The van der Waals surface area contributed by atoms with Gasteiger partial charge in [-0.15, -0.1) is 0 Å². The number of hydrogen-bond acceptors (Lipinski definition) is 2. The summed E-state index contributed by atoms with van der Waals surface area (Å²) in [6.45, 7) is 3.08. The molecule has 0 atom stereocenters. The zero-order valence-electron chi connectivity index (χ0n) is 13.0. The van der Waals surface area contributed by atoms with Crippen LogP contribution in [-0.2, 0) is 6.42 Å². The van der Waals surface area contributed by atoms with Crippen molar-refractivity contribution in [1.29, 1.82) is 0 Å². The first-order valence-corrected chi connectivity index (χ1v) is 8.23. The fraction of sp³-hybridized carbons (Fsp3) is 0.333. The molecule has 0 aliphatic carbocycles. The van der Waals surface area contributed by atoms with Gasteiger partial charge in [0.15, 0.2) is 0 Å². The third-order valence-electron chi connectivity index (χ3n) is 3.46. The molecule has 0 heterocycles. The van der Waals surface area contributed by atoms with Crippen molar-refractivity contribution in [2.75, 3.05) is 13.6 Å². The minimum atomic E-state index is 0.562. The van der Waals surface area contributed by atoms with E-state index >= 15 is 0 Å². The van der Waals surface area contributed by atoms with Gasteiger partial charge in [-0.25, -0.2) is 0 Å². The van der Waals surface area contributed by atoms with Crippen LogP contribution in [0.2, 0.25) is 10.0 Å². The molecule has 0 aliphatic heterocycles. The number of rotatable bonds is 7. The van der Waals surface area contributed by atoms with Crippen LogP contribution < -0.4 is 10.1 Å². The molecule has 2 aromatic carbocycles. The molecule has 22 heavy (non-hydrogen) atoms. The summed E-state index contributed by atoms with van der Waals surface area (Å²) in [5, 5.41) is 4.34. The Kier molecular flexibility index (Phi) is 6.56. The molecule has 1 N–H and O–H groups in total. The number of hydrogen-bond donors (Lipinski definition) is 1. The van der Waals surface area contributed by atoms with Crippen LogP contribution in [0.1, 0.15) is 24.0 Å². The molecule has 118 valence electrons. The Morgan fingerprint density at radius 3 is 2.59 bits per heavy atom. The Labute approximate surface area is 142 Å². The molecular weight excluding hydrogens is 317 g/mol. The highest BCUT2D eigenvalue weighted by atomic mass is 35.5. The average molecular weight is 338 g/mol. The normalized spacial score (nSPS) is 10.7. The van der Waals surface area contributed by atoms with Crippen LogP contribution in [0.4, 0.5) is 0 Å². The molecule has 0 unspecified atom stereocenters. The maximum Gasteiger partial charge on any atom is 0.147 e. The van der Waals surface area contributed by atoms with Crippen LogP contribution in [0.3, 0.4) is 0 Å². The van der Waals surface area contributed by atoms with Crippen molar-refractivity contribution in [1.82, 2.24) is 5.32 Å². The summed E-state index contributed by atoms with van der Waals surface area (Å²) in [4.78, 5) is 0. The molecule has 0 fully saturated rings. The van der Waals surface area contributed by atoms with Crippen LogP contribution in [0.15, 0.2) is 36.4 Å². The van der Waals surface area contributed by atoms with Gasteiger partial charge in [0, 0.05) is 11.1 Å². The predicted octanol–water partition coefficient (Wildman–Crippen LogP) is 5.64. The van der Waals surface area contributed by atoms with Crippen LogP contribution in [0, 0.1) is 6.92 Å². The maximum atomic E-state index is 6.19. The van der Waals surface area contributed by atoms with Gasteiger partial charge < -0.3 is 10.1 Å². The lowest BCUT2D eigenvalue weighted by Gasteiger charge is -2.13. The number of unbranched alkanes of at least 4 members (excludes halogenated alkanes) is 1. The summed E-state index contributed by atoms with van der Waals surface area (Å²) in [7, 11) is 1.97. The number of nitrogens with one attached hydrogen (secondary N) is 1. The molecular formula is C18H21Cl2NO. The molecule has 0 saturated heterocycles. The minimum absolute atomic E-state index is 0.562. The molecule has 2 nitrogen and oxygen atoms in total. The van der Waals surface area contributed by atoms with E-state index in [1.165, 1.54) is 5.56 Å². The van der Waals surface area contributed by atoms with Gasteiger partial charge in [0.05, 0.1) is 5.02 Å². The molecule has 0 radical (unpaired) electrons. The highest BCUT2D eigenvalue weighted by molar-refractivity contribution is 6.34. The van der Waals surface area contributed by atoms with E-state index in [0.29, 0.717) is 15.8 Å². The summed E-state index contributed by atoms with van der Waals surface area (Å²) in [6.07, 6.45) is 3.24. The van der Waals surface area contributed by atoms with Crippen molar-refractivity contribution in [3.05, 3.63) is 57.6 Å². The molecule has 0 aromatic heterocycles. The van der Waals surface area contributed by atoms with Crippen LogP contribution >= 0.6 is 23.2 Å². The van der Waals surface area contributed by atoms with Crippen LogP contribution in [-0.4, -0.2) is 13.6 Å². The van der Waals surface area contributed by atoms with E-state index in [2.05, 4.69) is 24.4 Å². The Balaban J connectivity index is 2.17. The third kappa shape index (κ3) is 4.91. The monoisotopic (exact) mass is 337 g/mol. The van der Waals surface area contributed by atoms with Crippen LogP contribution in [0.5, 0.6) is 11.5 Å². The smallest absolute Gasteiger partial charge is 0.147 e. The first-order chi connectivity index (χ1) is 10.6. The summed E-state index contributed by atoms with van der Waals surface area (Å²) in [6, 6.07) is 11.5. The predicted molar refractivity (Wildman–Crippen MR) is 94.6 cm³/mol. The van der Waals surface area contributed by atoms with Gasteiger partial charge in [0.1, 0.15) is 11.5 Å². The van der Waals surface area contributed by atoms with Crippen LogP contribution in [0.25, 0.3) is 0 Å². The second-order valence-corrected chi connectivity index (χ2v) is 6.19. The molecule has 0 amide bonds. The zero-order valence-corrected chi connectivity index (χ0v) is 14.5. The van der Waals surface area contributed by atoms with Gasteiger partial charge in [-0.3, -0.25) is 0 Å². The highest BCUT2D eigenvalue weighted by Crippen LogP contribution is 2.34. The second kappa shape index (κ2) is 8.42. The van der Waals surface area contributed by atoms with Gasteiger partial charge >= 0.3 is 0 Å². The number of benzene rings is 2.